The first-order valence-electron chi connectivity index (χ1n) is 7.18. The fraction of sp³-hybridized carbons (Fsp3) is 0.867. The van der Waals surface area contributed by atoms with Crippen LogP contribution in [0.2, 0.25) is 0 Å². The first-order valence-corrected chi connectivity index (χ1v) is 7.18. The molecular formula is C15H27N2O4-. The number of piperidine rings is 1. The molecule has 0 unspecified atom stereocenters. The van der Waals surface area contributed by atoms with Gasteiger partial charge in [0.25, 0.3) is 0 Å². The molecule has 6 nitrogen and oxygen atoms in total. The van der Waals surface area contributed by atoms with Crippen molar-refractivity contribution in [2.24, 2.45) is 5.41 Å². The highest BCUT2D eigenvalue weighted by atomic mass is 16.5. The van der Waals surface area contributed by atoms with Gasteiger partial charge in [0, 0.05) is 16.5 Å². The number of carboxylic acid groups (broad SMARTS) is 1. The fourth-order valence-electron chi connectivity index (χ4n) is 3.20. The molecule has 1 heterocycles. The number of nitrogens with zero attached hydrogens (tertiary/aromatic N) is 1. The number of carbonyl (C=O) groups excluding carboxylic acids is 1. The summed E-state index contributed by atoms with van der Waals surface area (Å²) in [5, 5.41) is 25.7. The average molecular weight is 299 g/mol. The van der Waals surface area contributed by atoms with Crippen LogP contribution >= 0.6 is 0 Å². The van der Waals surface area contributed by atoms with Crippen molar-refractivity contribution in [3.8, 4) is 0 Å². The molecule has 0 aromatic rings. The topological polar surface area (TPSA) is 92.7 Å². The Labute approximate surface area is 126 Å². The van der Waals surface area contributed by atoms with E-state index in [1.165, 1.54) is 0 Å². The predicted octanol–water partition coefficient (Wildman–Crippen LogP) is 2.12. The molecular weight excluding hydrogens is 272 g/mol. The number of hydrogen-bond acceptors (Lipinski definition) is 4. The normalized spacial score (nSPS) is 24.4. The summed E-state index contributed by atoms with van der Waals surface area (Å²) >= 11 is 0. The minimum atomic E-state index is -1.42. The van der Waals surface area contributed by atoms with E-state index >= 15 is 0 Å². The quantitative estimate of drug-likeness (QED) is 0.814. The van der Waals surface area contributed by atoms with Gasteiger partial charge >= 0.3 is 5.97 Å². The zero-order valence-corrected chi connectivity index (χ0v) is 14.0. The summed E-state index contributed by atoms with van der Waals surface area (Å²) in [4.78, 5) is 24.2. The summed E-state index contributed by atoms with van der Waals surface area (Å²) in [6.07, 6.45) is 0.147. The third-order valence-corrected chi connectivity index (χ3v) is 4.01. The van der Waals surface area contributed by atoms with Crippen LogP contribution < -0.4 is 5.32 Å². The van der Waals surface area contributed by atoms with Crippen LogP contribution in [0.15, 0.2) is 0 Å². The minimum Gasteiger partial charge on any atom is -0.784 e. The molecule has 1 rings (SSSR count). The molecule has 21 heavy (non-hydrogen) atoms. The van der Waals surface area contributed by atoms with Crippen molar-refractivity contribution in [3.05, 3.63) is 5.21 Å². The highest BCUT2D eigenvalue weighted by Crippen LogP contribution is 2.43. The lowest BCUT2D eigenvalue weighted by atomic mass is 9.70. The molecule has 1 aliphatic rings. The van der Waals surface area contributed by atoms with Crippen molar-refractivity contribution >= 4 is 11.9 Å². The Hall–Kier alpha value is -1.14. The lowest BCUT2D eigenvalue weighted by Gasteiger charge is -2.62. The van der Waals surface area contributed by atoms with Crippen LogP contribution in [0.3, 0.4) is 0 Å². The molecule has 0 aromatic carbocycles. The lowest BCUT2D eigenvalue weighted by Crippen LogP contribution is -2.71. The molecule has 1 fully saturated rings. The van der Waals surface area contributed by atoms with Crippen LogP contribution in [0.1, 0.15) is 61.3 Å². The van der Waals surface area contributed by atoms with Gasteiger partial charge in [0.15, 0.2) is 0 Å². The van der Waals surface area contributed by atoms with Crippen molar-refractivity contribution in [1.82, 2.24) is 10.4 Å². The number of carboxylic acids is 1. The summed E-state index contributed by atoms with van der Waals surface area (Å²) < 4.78 is 0. The van der Waals surface area contributed by atoms with E-state index in [1.807, 2.05) is 0 Å². The summed E-state index contributed by atoms with van der Waals surface area (Å²) in [6, 6.07) is 0. The molecule has 1 aliphatic heterocycles. The van der Waals surface area contributed by atoms with E-state index in [4.69, 9.17) is 0 Å². The molecule has 6 heteroatoms. The first-order chi connectivity index (χ1) is 9.14. The van der Waals surface area contributed by atoms with Crippen LogP contribution in [0.4, 0.5) is 0 Å². The fourth-order valence-corrected chi connectivity index (χ4v) is 3.20. The lowest BCUT2D eigenvalue weighted by molar-refractivity contribution is -0.158. The van der Waals surface area contributed by atoms with Gasteiger partial charge in [0.1, 0.15) is 5.54 Å². The van der Waals surface area contributed by atoms with Gasteiger partial charge in [-0.1, -0.05) is 20.8 Å². The van der Waals surface area contributed by atoms with Gasteiger partial charge in [-0.25, -0.2) is 4.79 Å². The van der Waals surface area contributed by atoms with Crippen molar-refractivity contribution in [1.29, 1.82) is 0 Å². The van der Waals surface area contributed by atoms with E-state index < -0.39 is 28.0 Å². The van der Waals surface area contributed by atoms with E-state index in [1.54, 1.807) is 48.5 Å². The van der Waals surface area contributed by atoms with Crippen LogP contribution in [-0.2, 0) is 9.59 Å². The number of hydrogen-bond donors (Lipinski definition) is 2. The van der Waals surface area contributed by atoms with E-state index in [0.29, 0.717) is 0 Å². The number of rotatable bonds is 2. The molecule has 0 saturated carbocycles. The third-order valence-electron chi connectivity index (χ3n) is 4.01. The minimum absolute atomic E-state index is 0.0735. The highest BCUT2D eigenvalue weighted by molar-refractivity contribution is 5.89. The van der Waals surface area contributed by atoms with Crippen molar-refractivity contribution in [2.75, 3.05) is 0 Å². The standard InChI is InChI=1S/C15H27N2O4/c1-12(2,3)10(18)16-15(11(19)20)8-13(4,5)17(21)14(6,7)9-15/h8-9H2,1-7H3,(H,16,18)(H,19,20)/q-1. The Bertz CT molecular complexity index is 431. The predicted molar refractivity (Wildman–Crippen MR) is 80.6 cm³/mol. The van der Waals surface area contributed by atoms with Gasteiger partial charge in [-0.05, 0) is 40.5 Å². The summed E-state index contributed by atoms with van der Waals surface area (Å²) in [6.45, 7) is 12.0. The molecule has 0 aliphatic carbocycles. The third kappa shape index (κ3) is 3.37. The van der Waals surface area contributed by atoms with Gasteiger partial charge in [0.05, 0.1) is 0 Å². The monoisotopic (exact) mass is 299 g/mol. The highest BCUT2D eigenvalue weighted by Gasteiger charge is 2.54. The number of aliphatic carboxylic acids is 1. The van der Waals surface area contributed by atoms with E-state index in [-0.39, 0.29) is 18.7 Å². The van der Waals surface area contributed by atoms with Crippen LogP contribution in [0.25, 0.3) is 0 Å². The van der Waals surface area contributed by atoms with Crippen molar-refractivity contribution < 1.29 is 14.7 Å². The molecule has 122 valence electrons. The number of nitrogens with one attached hydrogen (secondary N) is 1. The molecule has 0 radical (unpaired) electrons. The largest absolute Gasteiger partial charge is 0.784 e. The molecule has 0 spiro atoms. The smallest absolute Gasteiger partial charge is 0.329 e. The second kappa shape index (κ2) is 4.95. The Morgan fingerprint density at radius 2 is 1.48 bits per heavy atom. The van der Waals surface area contributed by atoms with Crippen LogP contribution in [0, 0.1) is 10.6 Å². The molecule has 0 atom stereocenters. The maximum atomic E-state index is 12.4. The van der Waals surface area contributed by atoms with E-state index in [0.717, 1.165) is 5.06 Å². The van der Waals surface area contributed by atoms with Crippen molar-refractivity contribution in [2.45, 2.75) is 77.9 Å². The van der Waals surface area contributed by atoms with E-state index in [2.05, 4.69) is 5.32 Å². The van der Waals surface area contributed by atoms with Gasteiger partial charge in [-0.3, -0.25) is 4.79 Å². The molecule has 1 saturated heterocycles. The van der Waals surface area contributed by atoms with Crippen LogP contribution in [0.5, 0.6) is 0 Å². The Balaban J connectivity index is 3.24. The van der Waals surface area contributed by atoms with Gasteiger partial charge < -0.3 is 20.7 Å². The second-order valence-corrected chi connectivity index (χ2v) is 8.36. The average Bonchev–Trinajstić information content (AvgIpc) is 2.23. The Kier molecular flexibility index (Phi) is 4.22. The maximum Gasteiger partial charge on any atom is 0.329 e. The van der Waals surface area contributed by atoms with Crippen LogP contribution in [-0.4, -0.2) is 38.7 Å². The number of hydroxylamine groups is 2. The first kappa shape index (κ1) is 17.9. The maximum absolute atomic E-state index is 12.4. The zero-order valence-electron chi connectivity index (χ0n) is 14.0. The summed E-state index contributed by atoms with van der Waals surface area (Å²) in [5.74, 6) is -1.41. The zero-order chi connectivity index (χ0) is 16.9. The molecule has 0 bridgehead atoms. The SMILES string of the molecule is CC(C)(C)C(=O)NC1(C(=O)O)CC(C)(C)N([O-])C(C)(C)C1. The molecule has 2 N–H and O–H groups in total. The molecule has 0 aromatic heterocycles. The summed E-state index contributed by atoms with van der Waals surface area (Å²) in [5.41, 5.74) is -3.85. The van der Waals surface area contributed by atoms with Gasteiger partial charge in [0.2, 0.25) is 5.91 Å². The van der Waals surface area contributed by atoms with E-state index in [9.17, 15) is 19.9 Å². The number of carbonyl (C=O) groups is 2. The van der Waals surface area contributed by atoms with Gasteiger partial charge in [-0.15, -0.1) is 0 Å². The Morgan fingerprint density at radius 1 is 1.10 bits per heavy atom. The van der Waals surface area contributed by atoms with Gasteiger partial charge in [-0.2, -0.15) is 0 Å². The van der Waals surface area contributed by atoms with Crippen molar-refractivity contribution in [3.63, 3.8) is 0 Å². The summed E-state index contributed by atoms with van der Waals surface area (Å²) in [7, 11) is 0. The second-order valence-electron chi connectivity index (χ2n) is 8.36. The number of amides is 1. The molecule has 1 amide bonds. The Morgan fingerprint density at radius 3 is 1.76 bits per heavy atom.